The molecule has 0 aromatic carbocycles. The lowest BCUT2D eigenvalue weighted by Crippen LogP contribution is -2.40. The maximum atomic E-state index is 11.4. The number of pyridine rings is 1. The Morgan fingerprint density at radius 2 is 2.19 bits per heavy atom. The predicted octanol–water partition coefficient (Wildman–Crippen LogP) is 2.43. The minimum atomic E-state index is 0.248. The lowest BCUT2D eigenvalue weighted by Gasteiger charge is -2.35. The van der Waals surface area contributed by atoms with Crippen LogP contribution in [0.2, 0.25) is 0 Å². The Kier molecular flexibility index (Phi) is 5.56. The van der Waals surface area contributed by atoms with Gasteiger partial charge in [0.15, 0.2) is 11.5 Å². The second-order valence-corrected chi connectivity index (χ2v) is 5.52. The molecule has 1 saturated heterocycles. The largest absolute Gasteiger partial charge is 0.493 e. The highest BCUT2D eigenvalue weighted by Gasteiger charge is 2.25. The first-order valence-corrected chi connectivity index (χ1v) is 7.45. The summed E-state index contributed by atoms with van der Waals surface area (Å²) in [6.45, 7) is 3.36. The van der Waals surface area contributed by atoms with Crippen molar-refractivity contribution in [1.29, 1.82) is 0 Å². The van der Waals surface area contributed by atoms with Gasteiger partial charge in [-0.25, -0.2) is 0 Å². The number of ketones is 1. The maximum absolute atomic E-state index is 11.4. The molecule has 5 heteroatoms. The minimum absolute atomic E-state index is 0.248. The van der Waals surface area contributed by atoms with Gasteiger partial charge in [0, 0.05) is 31.3 Å². The Morgan fingerprint density at radius 3 is 2.86 bits per heavy atom. The topological polar surface area (TPSA) is 51.7 Å². The molecule has 1 aliphatic rings. The molecule has 116 valence electrons. The number of Topliss-reactive ketones (excluding diaryl/α,β-unsaturated/α-hetero) is 1. The second-order valence-electron chi connectivity index (χ2n) is 5.52. The summed E-state index contributed by atoms with van der Waals surface area (Å²) in [4.78, 5) is 18.2. The maximum Gasteiger partial charge on any atom is 0.183 e. The molecule has 1 aliphatic heterocycles. The van der Waals surface area contributed by atoms with Crippen LogP contribution in [0, 0.1) is 0 Å². The van der Waals surface area contributed by atoms with Crippen molar-refractivity contribution in [3.8, 4) is 11.5 Å². The van der Waals surface area contributed by atoms with E-state index in [1.807, 2.05) is 0 Å². The highest BCUT2D eigenvalue weighted by molar-refractivity contribution is 5.76. The Balaban J connectivity index is 2.17. The van der Waals surface area contributed by atoms with Crippen molar-refractivity contribution in [2.24, 2.45) is 0 Å². The van der Waals surface area contributed by atoms with Crippen molar-refractivity contribution in [3.05, 3.63) is 18.0 Å². The number of methoxy groups -OCH3 is 2. The molecule has 1 atom stereocenters. The molecule has 0 saturated carbocycles. The SMILES string of the molecule is COc1ccnc(CN2CCCCC2CC(C)=O)c1OC. The van der Waals surface area contributed by atoms with Gasteiger partial charge in [0.05, 0.1) is 14.2 Å². The summed E-state index contributed by atoms with van der Waals surface area (Å²) in [6, 6.07) is 2.11. The molecule has 0 amide bonds. The highest BCUT2D eigenvalue weighted by Crippen LogP contribution is 2.31. The number of aromatic nitrogens is 1. The molecule has 1 aromatic rings. The second kappa shape index (κ2) is 7.41. The van der Waals surface area contributed by atoms with Crippen LogP contribution in [0.15, 0.2) is 12.3 Å². The standard InChI is InChI=1S/C16H24N2O3/c1-12(19)10-13-6-4-5-9-18(13)11-14-16(21-3)15(20-2)7-8-17-14/h7-8,13H,4-6,9-11H2,1-3H3. The quantitative estimate of drug-likeness (QED) is 0.806. The Bertz CT molecular complexity index is 490. The van der Waals surface area contributed by atoms with Crippen LogP contribution in [-0.2, 0) is 11.3 Å². The van der Waals surface area contributed by atoms with Crippen molar-refractivity contribution in [1.82, 2.24) is 9.88 Å². The number of likely N-dealkylation sites (tertiary alicyclic amines) is 1. The van der Waals surface area contributed by atoms with Crippen molar-refractivity contribution < 1.29 is 14.3 Å². The van der Waals surface area contributed by atoms with Crippen LogP contribution in [-0.4, -0.2) is 42.5 Å². The van der Waals surface area contributed by atoms with Crippen LogP contribution in [0.3, 0.4) is 0 Å². The molecule has 0 aliphatic carbocycles. The predicted molar refractivity (Wildman–Crippen MR) is 80.7 cm³/mol. The lowest BCUT2D eigenvalue weighted by atomic mass is 9.97. The fourth-order valence-corrected chi connectivity index (χ4v) is 2.99. The molecular formula is C16H24N2O3. The summed E-state index contributed by atoms with van der Waals surface area (Å²) in [5, 5.41) is 0. The van der Waals surface area contributed by atoms with Crippen LogP contribution in [0.5, 0.6) is 11.5 Å². The number of ether oxygens (including phenoxy) is 2. The van der Waals surface area contributed by atoms with E-state index in [-0.39, 0.29) is 5.78 Å². The van der Waals surface area contributed by atoms with Crippen molar-refractivity contribution >= 4 is 5.78 Å². The number of rotatable bonds is 6. The summed E-state index contributed by atoms with van der Waals surface area (Å²) in [5.41, 5.74) is 0.868. The number of hydrogen-bond acceptors (Lipinski definition) is 5. The smallest absolute Gasteiger partial charge is 0.183 e. The molecule has 0 radical (unpaired) electrons. The van der Waals surface area contributed by atoms with Gasteiger partial charge in [-0.05, 0) is 26.3 Å². The normalized spacial score (nSPS) is 19.3. The Labute approximate surface area is 126 Å². The molecular weight excluding hydrogens is 268 g/mol. The van der Waals surface area contributed by atoms with Gasteiger partial charge < -0.3 is 9.47 Å². The van der Waals surface area contributed by atoms with E-state index in [0.29, 0.717) is 30.5 Å². The van der Waals surface area contributed by atoms with Gasteiger partial charge in [0.25, 0.3) is 0 Å². The number of carbonyl (C=O) groups is 1. The third-order valence-electron chi connectivity index (χ3n) is 3.99. The summed E-state index contributed by atoms with van der Waals surface area (Å²) >= 11 is 0. The van der Waals surface area contributed by atoms with Gasteiger partial charge in [0.2, 0.25) is 0 Å². The monoisotopic (exact) mass is 292 g/mol. The van der Waals surface area contributed by atoms with Gasteiger partial charge in [-0.2, -0.15) is 0 Å². The Morgan fingerprint density at radius 1 is 1.38 bits per heavy atom. The molecule has 0 spiro atoms. The number of nitrogens with zero attached hydrogens (tertiary/aromatic N) is 2. The first-order valence-electron chi connectivity index (χ1n) is 7.45. The summed E-state index contributed by atoms with van der Waals surface area (Å²) in [6.07, 6.45) is 5.79. The van der Waals surface area contributed by atoms with Gasteiger partial charge in [0.1, 0.15) is 11.5 Å². The van der Waals surface area contributed by atoms with E-state index in [2.05, 4.69) is 9.88 Å². The molecule has 0 bridgehead atoms. The first-order chi connectivity index (χ1) is 10.2. The van der Waals surface area contributed by atoms with E-state index in [4.69, 9.17) is 9.47 Å². The van der Waals surface area contributed by atoms with E-state index in [1.165, 1.54) is 12.8 Å². The van der Waals surface area contributed by atoms with Crippen LogP contribution >= 0.6 is 0 Å². The number of piperidine rings is 1. The van der Waals surface area contributed by atoms with Crippen LogP contribution in [0.1, 0.15) is 38.3 Å². The van der Waals surface area contributed by atoms with Gasteiger partial charge in [-0.15, -0.1) is 0 Å². The number of carbonyl (C=O) groups excluding carboxylic acids is 1. The zero-order valence-electron chi connectivity index (χ0n) is 13.1. The molecule has 0 N–H and O–H groups in total. The fourth-order valence-electron chi connectivity index (χ4n) is 2.99. The third-order valence-corrected chi connectivity index (χ3v) is 3.99. The zero-order valence-corrected chi connectivity index (χ0v) is 13.1. The lowest BCUT2D eigenvalue weighted by molar-refractivity contribution is -0.118. The first kappa shape index (κ1) is 15.8. The molecule has 1 aromatic heterocycles. The summed E-state index contributed by atoms with van der Waals surface area (Å²) < 4.78 is 10.8. The fraction of sp³-hybridized carbons (Fsp3) is 0.625. The molecule has 2 rings (SSSR count). The Hall–Kier alpha value is -1.62. The highest BCUT2D eigenvalue weighted by atomic mass is 16.5. The minimum Gasteiger partial charge on any atom is -0.493 e. The van der Waals surface area contributed by atoms with Gasteiger partial charge >= 0.3 is 0 Å². The average Bonchev–Trinajstić information content (AvgIpc) is 2.48. The van der Waals surface area contributed by atoms with E-state index in [1.54, 1.807) is 33.4 Å². The van der Waals surface area contributed by atoms with Crippen molar-refractivity contribution in [3.63, 3.8) is 0 Å². The van der Waals surface area contributed by atoms with E-state index >= 15 is 0 Å². The summed E-state index contributed by atoms with van der Waals surface area (Å²) in [5.74, 6) is 1.63. The van der Waals surface area contributed by atoms with Gasteiger partial charge in [-0.1, -0.05) is 6.42 Å². The van der Waals surface area contributed by atoms with E-state index < -0.39 is 0 Å². The molecule has 21 heavy (non-hydrogen) atoms. The van der Waals surface area contributed by atoms with E-state index in [9.17, 15) is 4.79 Å². The van der Waals surface area contributed by atoms with Crippen LogP contribution in [0.4, 0.5) is 0 Å². The van der Waals surface area contributed by atoms with Crippen LogP contribution < -0.4 is 9.47 Å². The third kappa shape index (κ3) is 3.94. The molecule has 2 heterocycles. The molecule has 1 fully saturated rings. The number of hydrogen-bond donors (Lipinski definition) is 0. The molecule has 5 nitrogen and oxygen atoms in total. The van der Waals surface area contributed by atoms with Gasteiger partial charge in [-0.3, -0.25) is 14.7 Å². The van der Waals surface area contributed by atoms with Crippen molar-refractivity contribution in [2.45, 2.75) is 45.2 Å². The van der Waals surface area contributed by atoms with E-state index in [0.717, 1.165) is 18.7 Å². The van der Waals surface area contributed by atoms with Crippen molar-refractivity contribution in [2.75, 3.05) is 20.8 Å². The average molecular weight is 292 g/mol. The summed E-state index contributed by atoms with van der Waals surface area (Å²) in [7, 11) is 3.26. The van der Waals surface area contributed by atoms with Crippen LogP contribution in [0.25, 0.3) is 0 Å². The molecule has 1 unspecified atom stereocenters. The zero-order chi connectivity index (χ0) is 15.2.